The summed E-state index contributed by atoms with van der Waals surface area (Å²) >= 11 is 5.88. The van der Waals surface area contributed by atoms with Crippen molar-refractivity contribution in [2.24, 2.45) is 0 Å². The molecule has 138 valence electrons. The van der Waals surface area contributed by atoms with Crippen LogP contribution < -0.4 is 5.32 Å². The van der Waals surface area contributed by atoms with Crippen LogP contribution in [-0.4, -0.2) is 56.6 Å². The largest absolute Gasteiger partial charge is 0.345 e. The molecular formula is C17H21ClN6O2. The summed E-state index contributed by atoms with van der Waals surface area (Å²) in [6.45, 7) is 3.38. The van der Waals surface area contributed by atoms with Crippen LogP contribution in [0.15, 0.2) is 24.3 Å². The van der Waals surface area contributed by atoms with E-state index in [0.29, 0.717) is 17.3 Å². The Hall–Kier alpha value is -2.48. The maximum absolute atomic E-state index is 12.5. The van der Waals surface area contributed by atoms with Crippen LogP contribution >= 0.6 is 11.6 Å². The molecule has 0 spiro atoms. The number of aromatic nitrogens is 4. The van der Waals surface area contributed by atoms with Crippen molar-refractivity contribution in [2.75, 3.05) is 19.6 Å². The molecule has 2 amide bonds. The fraction of sp³-hybridized carbons (Fsp3) is 0.471. The summed E-state index contributed by atoms with van der Waals surface area (Å²) in [5.41, 5.74) is 0.764. The third-order valence-electron chi connectivity index (χ3n) is 4.37. The molecule has 8 nitrogen and oxygen atoms in total. The van der Waals surface area contributed by atoms with E-state index in [1.54, 1.807) is 29.2 Å². The molecule has 1 aliphatic rings. The van der Waals surface area contributed by atoms with Gasteiger partial charge in [0.1, 0.15) is 0 Å². The zero-order valence-electron chi connectivity index (χ0n) is 14.6. The lowest BCUT2D eigenvalue weighted by Gasteiger charge is -2.17. The molecule has 1 aromatic heterocycles. The Morgan fingerprint density at radius 1 is 1.23 bits per heavy atom. The van der Waals surface area contributed by atoms with E-state index in [9.17, 15) is 9.59 Å². The maximum atomic E-state index is 12.5. The summed E-state index contributed by atoms with van der Waals surface area (Å²) < 4.78 is 0. The highest BCUT2D eigenvalue weighted by Gasteiger charge is 2.24. The lowest BCUT2D eigenvalue weighted by atomic mass is 10.2. The van der Waals surface area contributed by atoms with Crippen molar-refractivity contribution < 1.29 is 9.59 Å². The number of carbonyl (C=O) groups excluding carboxylic acids is 2. The minimum absolute atomic E-state index is 0.00588. The molecular weight excluding hydrogens is 356 g/mol. The number of carbonyl (C=O) groups is 2. The molecule has 1 atom stereocenters. The molecule has 1 N–H and O–H groups in total. The van der Waals surface area contributed by atoms with E-state index in [0.717, 1.165) is 31.5 Å². The number of benzene rings is 1. The molecule has 3 rings (SSSR count). The standard InChI is InChI=1S/C17H21ClN6O2/c1-2-14(17(26)19-11-15(25)23-9-3-4-10-23)24-21-16(20-22-24)12-5-7-13(18)8-6-12/h5-8,14H,2-4,9-11H2,1H3,(H,19,26). The van der Waals surface area contributed by atoms with E-state index in [1.807, 2.05) is 6.92 Å². The quantitative estimate of drug-likeness (QED) is 0.828. The third-order valence-corrected chi connectivity index (χ3v) is 4.62. The third kappa shape index (κ3) is 4.19. The minimum atomic E-state index is -0.616. The van der Waals surface area contributed by atoms with Gasteiger partial charge >= 0.3 is 0 Å². The Balaban J connectivity index is 1.63. The molecule has 2 aromatic rings. The average molecular weight is 377 g/mol. The number of halogens is 1. The number of hydrogen-bond acceptors (Lipinski definition) is 5. The second kappa shape index (κ2) is 8.27. The zero-order valence-corrected chi connectivity index (χ0v) is 15.3. The maximum Gasteiger partial charge on any atom is 0.247 e. The van der Waals surface area contributed by atoms with Crippen molar-refractivity contribution in [1.29, 1.82) is 0 Å². The van der Waals surface area contributed by atoms with E-state index in [2.05, 4.69) is 20.7 Å². The fourth-order valence-electron chi connectivity index (χ4n) is 2.88. The molecule has 26 heavy (non-hydrogen) atoms. The highest BCUT2D eigenvalue weighted by molar-refractivity contribution is 6.30. The average Bonchev–Trinajstić information content (AvgIpc) is 3.33. The zero-order chi connectivity index (χ0) is 18.5. The molecule has 1 aliphatic heterocycles. The van der Waals surface area contributed by atoms with E-state index in [-0.39, 0.29) is 18.4 Å². The Labute approximate surface area is 156 Å². The van der Waals surface area contributed by atoms with Crippen LogP contribution in [0.25, 0.3) is 11.4 Å². The molecule has 1 aromatic carbocycles. The van der Waals surface area contributed by atoms with Gasteiger partial charge in [-0.25, -0.2) is 0 Å². The van der Waals surface area contributed by atoms with E-state index in [4.69, 9.17) is 11.6 Å². The van der Waals surface area contributed by atoms with Gasteiger partial charge in [-0.2, -0.15) is 4.80 Å². The van der Waals surface area contributed by atoms with E-state index < -0.39 is 6.04 Å². The highest BCUT2D eigenvalue weighted by Crippen LogP contribution is 2.18. The monoisotopic (exact) mass is 376 g/mol. The normalized spacial score (nSPS) is 15.1. The Bertz CT molecular complexity index is 770. The first-order chi connectivity index (χ1) is 12.6. The second-order valence-electron chi connectivity index (χ2n) is 6.17. The summed E-state index contributed by atoms with van der Waals surface area (Å²) in [6, 6.07) is 6.45. The van der Waals surface area contributed by atoms with Gasteiger partial charge in [0.05, 0.1) is 6.54 Å². The number of nitrogens with zero attached hydrogens (tertiary/aromatic N) is 5. The van der Waals surface area contributed by atoms with Gasteiger partial charge in [0, 0.05) is 23.7 Å². The van der Waals surface area contributed by atoms with Crippen molar-refractivity contribution in [3.63, 3.8) is 0 Å². The SMILES string of the molecule is CCC(C(=O)NCC(=O)N1CCCC1)n1nnc(-c2ccc(Cl)cc2)n1. The molecule has 1 unspecified atom stereocenters. The van der Waals surface area contributed by atoms with Gasteiger partial charge in [-0.05, 0) is 48.7 Å². The number of tetrazole rings is 1. The molecule has 1 fully saturated rings. The second-order valence-corrected chi connectivity index (χ2v) is 6.61. The van der Waals surface area contributed by atoms with Crippen LogP contribution in [0.4, 0.5) is 0 Å². The van der Waals surface area contributed by atoms with Crippen LogP contribution in [-0.2, 0) is 9.59 Å². The smallest absolute Gasteiger partial charge is 0.247 e. The summed E-state index contributed by atoms with van der Waals surface area (Å²) in [4.78, 5) is 27.6. The van der Waals surface area contributed by atoms with Gasteiger partial charge in [0.25, 0.3) is 0 Å². The van der Waals surface area contributed by atoms with Crippen molar-refractivity contribution in [3.8, 4) is 11.4 Å². The molecule has 2 heterocycles. The minimum Gasteiger partial charge on any atom is -0.345 e. The first-order valence-electron chi connectivity index (χ1n) is 8.69. The van der Waals surface area contributed by atoms with Crippen LogP contribution in [0.1, 0.15) is 32.2 Å². The first-order valence-corrected chi connectivity index (χ1v) is 9.07. The molecule has 0 aliphatic carbocycles. The lowest BCUT2D eigenvalue weighted by molar-refractivity contribution is -0.133. The van der Waals surface area contributed by atoms with Crippen molar-refractivity contribution in [2.45, 2.75) is 32.2 Å². The summed E-state index contributed by atoms with van der Waals surface area (Å²) in [5, 5.41) is 15.6. The number of nitrogens with one attached hydrogen (secondary N) is 1. The first kappa shape index (κ1) is 18.3. The Morgan fingerprint density at radius 3 is 2.58 bits per heavy atom. The lowest BCUT2D eigenvalue weighted by Crippen LogP contribution is -2.41. The van der Waals surface area contributed by atoms with E-state index in [1.165, 1.54) is 4.80 Å². The fourth-order valence-corrected chi connectivity index (χ4v) is 3.01. The van der Waals surface area contributed by atoms with Gasteiger partial charge in [0.15, 0.2) is 6.04 Å². The summed E-state index contributed by atoms with van der Waals surface area (Å²) in [5.74, 6) is 0.0697. The predicted octanol–water partition coefficient (Wildman–Crippen LogP) is 1.68. The van der Waals surface area contributed by atoms with Crippen LogP contribution in [0, 0.1) is 0 Å². The summed E-state index contributed by atoms with van der Waals surface area (Å²) in [7, 11) is 0. The number of hydrogen-bond donors (Lipinski definition) is 1. The molecule has 1 saturated heterocycles. The topological polar surface area (TPSA) is 93.0 Å². The number of likely N-dealkylation sites (tertiary alicyclic amines) is 1. The number of rotatable bonds is 6. The Morgan fingerprint density at radius 2 is 1.92 bits per heavy atom. The van der Waals surface area contributed by atoms with Crippen LogP contribution in [0.2, 0.25) is 5.02 Å². The van der Waals surface area contributed by atoms with Gasteiger partial charge < -0.3 is 10.2 Å². The molecule has 0 radical (unpaired) electrons. The van der Waals surface area contributed by atoms with Crippen molar-refractivity contribution in [1.82, 2.24) is 30.4 Å². The van der Waals surface area contributed by atoms with Gasteiger partial charge in [0.2, 0.25) is 17.6 Å². The van der Waals surface area contributed by atoms with Crippen LogP contribution in [0.5, 0.6) is 0 Å². The van der Waals surface area contributed by atoms with Gasteiger partial charge in [-0.3, -0.25) is 9.59 Å². The van der Waals surface area contributed by atoms with Gasteiger partial charge in [-0.1, -0.05) is 18.5 Å². The van der Waals surface area contributed by atoms with Crippen molar-refractivity contribution >= 4 is 23.4 Å². The van der Waals surface area contributed by atoms with Crippen molar-refractivity contribution in [3.05, 3.63) is 29.3 Å². The predicted molar refractivity (Wildman–Crippen MR) is 96.4 cm³/mol. The molecule has 9 heteroatoms. The Kier molecular flexibility index (Phi) is 5.82. The molecule has 0 saturated carbocycles. The number of amides is 2. The molecule has 0 bridgehead atoms. The van der Waals surface area contributed by atoms with Gasteiger partial charge in [-0.15, -0.1) is 10.2 Å². The highest BCUT2D eigenvalue weighted by atomic mass is 35.5. The van der Waals surface area contributed by atoms with E-state index >= 15 is 0 Å². The van der Waals surface area contributed by atoms with Crippen LogP contribution in [0.3, 0.4) is 0 Å². The summed E-state index contributed by atoms with van der Waals surface area (Å²) in [6.07, 6.45) is 2.53.